The number of hydrogen-bond acceptors (Lipinski definition) is 3. The van der Waals surface area contributed by atoms with Gasteiger partial charge in [0.05, 0.1) is 6.61 Å². The standard InChI is InChI=1S/C11H17NO2/c1-3-10(12)9-7-8(14-4-2)5-6-11(9)13/h5-7,10,13H,3-4,12H2,1-2H3/t10-/m1/s1. The lowest BCUT2D eigenvalue weighted by Crippen LogP contribution is -2.09. The summed E-state index contributed by atoms with van der Waals surface area (Å²) in [4.78, 5) is 0. The van der Waals surface area contributed by atoms with E-state index in [4.69, 9.17) is 10.5 Å². The quantitative estimate of drug-likeness (QED) is 0.774. The van der Waals surface area contributed by atoms with E-state index < -0.39 is 0 Å². The van der Waals surface area contributed by atoms with Gasteiger partial charge in [-0.25, -0.2) is 0 Å². The molecule has 1 aromatic rings. The molecule has 3 nitrogen and oxygen atoms in total. The first-order valence-corrected chi connectivity index (χ1v) is 4.90. The van der Waals surface area contributed by atoms with Crippen LogP contribution in [-0.4, -0.2) is 11.7 Å². The van der Waals surface area contributed by atoms with Crippen molar-refractivity contribution >= 4 is 0 Å². The normalized spacial score (nSPS) is 12.5. The Morgan fingerprint density at radius 2 is 2.14 bits per heavy atom. The summed E-state index contributed by atoms with van der Waals surface area (Å²) in [6, 6.07) is 5.03. The zero-order chi connectivity index (χ0) is 10.6. The van der Waals surface area contributed by atoms with Gasteiger partial charge in [0.25, 0.3) is 0 Å². The number of aromatic hydroxyl groups is 1. The van der Waals surface area contributed by atoms with Gasteiger partial charge < -0.3 is 15.6 Å². The van der Waals surface area contributed by atoms with Crippen LogP contribution in [0.15, 0.2) is 18.2 Å². The SMILES string of the molecule is CCOc1ccc(O)c([C@H](N)CC)c1. The molecule has 0 saturated heterocycles. The number of phenolic OH excluding ortho intramolecular Hbond substituents is 1. The maximum atomic E-state index is 9.57. The molecule has 0 saturated carbocycles. The molecule has 3 N–H and O–H groups in total. The van der Waals surface area contributed by atoms with Crippen LogP contribution in [0.25, 0.3) is 0 Å². The Labute approximate surface area is 84.5 Å². The summed E-state index contributed by atoms with van der Waals surface area (Å²) < 4.78 is 5.33. The Balaban J connectivity index is 2.95. The van der Waals surface area contributed by atoms with E-state index in [9.17, 15) is 5.11 Å². The fourth-order valence-electron chi connectivity index (χ4n) is 1.31. The molecule has 78 valence electrons. The highest BCUT2D eigenvalue weighted by Crippen LogP contribution is 2.28. The van der Waals surface area contributed by atoms with Gasteiger partial charge in [0, 0.05) is 11.6 Å². The van der Waals surface area contributed by atoms with Gasteiger partial charge in [0.2, 0.25) is 0 Å². The second-order valence-corrected chi connectivity index (χ2v) is 3.17. The molecular weight excluding hydrogens is 178 g/mol. The molecule has 0 bridgehead atoms. The first-order valence-electron chi connectivity index (χ1n) is 4.90. The van der Waals surface area contributed by atoms with Gasteiger partial charge in [-0.05, 0) is 31.5 Å². The Morgan fingerprint density at radius 1 is 1.43 bits per heavy atom. The Bertz CT molecular complexity index is 299. The van der Waals surface area contributed by atoms with Gasteiger partial charge in [-0.3, -0.25) is 0 Å². The number of nitrogens with two attached hydrogens (primary N) is 1. The molecule has 0 aliphatic carbocycles. The zero-order valence-corrected chi connectivity index (χ0v) is 8.66. The molecule has 0 aromatic heterocycles. The molecule has 1 atom stereocenters. The molecule has 0 spiro atoms. The van der Waals surface area contributed by atoms with Crippen LogP contribution in [-0.2, 0) is 0 Å². The van der Waals surface area contributed by atoms with Crippen molar-refractivity contribution in [2.24, 2.45) is 5.73 Å². The second kappa shape index (κ2) is 4.86. The van der Waals surface area contributed by atoms with E-state index in [1.165, 1.54) is 0 Å². The molecular formula is C11H17NO2. The number of hydrogen-bond donors (Lipinski definition) is 2. The van der Waals surface area contributed by atoms with Crippen LogP contribution >= 0.6 is 0 Å². The maximum absolute atomic E-state index is 9.57. The Morgan fingerprint density at radius 3 is 2.71 bits per heavy atom. The minimum absolute atomic E-state index is 0.129. The van der Waals surface area contributed by atoms with Crippen LogP contribution in [0.3, 0.4) is 0 Å². The molecule has 0 aliphatic heterocycles. The van der Waals surface area contributed by atoms with Crippen molar-refractivity contribution in [3.05, 3.63) is 23.8 Å². The summed E-state index contributed by atoms with van der Waals surface area (Å²) in [6.45, 7) is 4.52. The fourth-order valence-corrected chi connectivity index (χ4v) is 1.31. The predicted octanol–water partition coefficient (Wildman–Crippen LogP) is 2.20. The van der Waals surface area contributed by atoms with Crippen LogP contribution in [0.2, 0.25) is 0 Å². The number of benzene rings is 1. The van der Waals surface area contributed by atoms with Crippen molar-refractivity contribution in [3.8, 4) is 11.5 Å². The highest BCUT2D eigenvalue weighted by atomic mass is 16.5. The topological polar surface area (TPSA) is 55.5 Å². The molecule has 0 heterocycles. The summed E-state index contributed by atoms with van der Waals surface area (Å²) in [5.41, 5.74) is 6.59. The van der Waals surface area contributed by atoms with E-state index in [0.29, 0.717) is 6.61 Å². The molecule has 0 unspecified atom stereocenters. The van der Waals surface area contributed by atoms with Crippen LogP contribution in [0.1, 0.15) is 31.9 Å². The van der Waals surface area contributed by atoms with Crippen molar-refractivity contribution in [1.82, 2.24) is 0 Å². The van der Waals surface area contributed by atoms with Gasteiger partial charge >= 0.3 is 0 Å². The molecule has 1 rings (SSSR count). The highest BCUT2D eigenvalue weighted by Gasteiger charge is 2.09. The van der Waals surface area contributed by atoms with Gasteiger partial charge in [0.1, 0.15) is 11.5 Å². The van der Waals surface area contributed by atoms with Crippen LogP contribution in [0.5, 0.6) is 11.5 Å². The average molecular weight is 195 g/mol. The largest absolute Gasteiger partial charge is 0.508 e. The van der Waals surface area contributed by atoms with E-state index >= 15 is 0 Å². The average Bonchev–Trinajstić information content (AvgIpc) is 2.20. The van der Waals surface area contributed by atoms with Crippen LogP contribution in [0.4, 0.5) is 0 Å². The van der Waals surface area contributed by atoms with E-state index in [0.717, 1.165) is 17.7 Å². The van der Waals surface area contributed by atoms with E-state index in [2.05, 4.69) is 0 Å². The summed E-state index contributed by atoms with van der Waals surface area (Å²) >= 11 is 0. The van der Waals surface area contributed by atoms with Gasteiger partial charge in [-0.2, -0.15) is 0 Å². The van der Waals surface area contributed by atoms with Crippen LogP contribution in [0, 0.1) is 0 Å². The summed E-state index contributed by atoms with van der Waals surface area (Å²) in [7, 11) is 0. The number of phenols is 1. The number of ether oxygens (including phenoxy) is 1. The third-order valence-corrected chi connectivity index (χ3v) is 2.15. The monoisotopic (exact) mass is 195 g/mol. The second-order valence-electron chi connectivity index (χ2n) is 3.17. The Hall–Kier alpha value is -1.22. The van der Waals surface area contributed by atoms with Crippen molar-refractivity contribution in [3.63, 3.8) is 0 Å². The maximum Gasteiger partial charge on any atom is 0.120 e. The first kappa shape index (κ1) is 10.9. The summed E-state index contributed by atoms with van der Waals surface area (Å²) in [6.07, 6.45) is 0.795. The number of rotatable bonds is 4. The van der Waals surface area contributed by atoms with E-state index in [1.54, 1.807) is 18.2 Å². The lowest BCUT2D eigenvalue weighted by molar-refractivity contribution is 0.338. The fraction of sp³-hybridized carbons (Fsp3) is 0.455. The third-order valence-electron chi connectivity index (χ3n) is 2.15. The predicted molar refractivity (Wildman–Crippen MR) is 56.5 cm³/mol. The third kappa shape index (κ3) is 2.39. The molecule has 1 aromatic carbocycles. The Kier molecular flexibility index (Phi) is 3.77. The molecule has 3 heteroatoms. The van der Waals surface area contributed by atoms with Crippen molar-refractivity contribution in [1.29, 1.82) is 0 Å². The van der Waals surface area contributed by atoms with Gasteiger partial charge in [-0.1, -0.05) is 6.92 Å². The lowest BCUT2D eigenvalue weighted by atomic mass is 10.0. The minimum atomic E-state index is -0.129. The minimum Gasteiger partial charge on any atom is -0.508 e. The lowest BCUT2D eigenvalue weighted by Gasteiger charge is -2.13. The zero-order valence-electron chi connectivity index (χ0n) is 8.66. The van der Waals surface area contributed by atoms with Crippen molar-refractivity contribution in [2.75, 3.05) is 6.61 Å². The smallest absolute Gasteiger partial charge is 0.120 e. The van der Waals surface area contributed by atoms with Gasteiger partial charge in [0.15, 0.2) is 0 Å². The molecule has 0 aliphatic rings. The van der Waals surface area contributed by atoms with E-state index in [-0.39, 0.29) is 11.8 Å². The molecule has 0 amide bonds. The highest BCUT2D eigenvalue weighted by molar-refractivity contribution is 5.41. The summed E-state index contributed by atoms with van der Waals surface area (Å²) in [5, 5.41) is 9.57. The molecule has 14 heavy (non-hydrogen) atoms. The van der Waals surface area contributed by atoms with Crippen molar-refractivity contribution < 1.29 is 9.84 Å². The van der Waals surface area contributed by atoms with Crippen molar-refractivity contribution in [2.45, 2.75) is 26.3 Å². The first-order chi connectivity index (χ1) is 6.69. The van der Waals surface area contributed by atoms with E-state index in [1.807, 2.05) is 13.8 Å². The van der Waals surface area contributed by atoms with Gasteiger partial charge in [-0.15, -0.1) is 0 Å². The van der Waals surface area contributed by atoms with Crippen LogP contribution < -0.4 is 10.5 Å². The summed E-state index contributed by atoms with van der Waals surface area (Å²) in [5.74, 6) is 0.993. The molecule has 0 fully saturated rings. The molecule has 0 radical (unpaired) electrons.